The largest absolute Gasteiger partial charge is 0.0853 e. The topological polar surface area (TPSA) is 0 Å². The van der Waals surface area contributed by atoms with Crippen molar-refractivity contribution in [3.05, 3.63) is 18.6 Å². The van der Waals surface area contributed by atoms with Gasteiger partial charge >= 0.3 is 0 Å². The molecule has 0 N–H and O–H groups in total. The van der Waals surface area contributed by atoms with E-state index in [9.17, 15) is 0 Å². The Bertz CT molecular complexity index is 144. The van der Waals surface area contributed by atoms with E-state index in [2.05, 4.69) is 26.8 Å². The van der Waals surface area contributed by atoms with Gasteiger partial charge in [-0.15, -0.1) is 0 Å². The average molecular weight is 209 g/mol. The summed E-state index contributed by atoms with van der Waals surface area (Å²) in [6.07, 6.45) is 15.5. The van der Waals surface area contributed by atoms with Crippen LogP contribution in [-0.4, -0.2) is 0 Å². The highest BCUT2D eigenvalue weighted by molar-refractivity contribution is 5.02. The average Bonchev–Trinajstić information content (AvgIpc) is 2.26. The number of hydrogen-bond donors (Lipinski definition) is 0. The van der Waals surface area contributed by atoms with Crippen LogP contribution >= 0.6 is 0 Å². The predicted molar refractivity (Wildman–Crippen MR) is 71.0 cm³/mol. The lowest BCUT2D eigenvalue weighted by Gasteiger charge is -2.04. The van der Waals surface area contributed by atoms with Gasteiger partial charge in [0.05, 0.1) is 0 Å². The molecular weight excluding hydrogens is 180 g/mol. The normalized spacial score (nSPS) is 12.1. The van der Waals surface area contributed by atoms with Crippen molar-refractivity contribution in [1.82, 2.24) is 0 Å². The summed E-state index contributed by atoms with van der Waals surface area (Å²) in [5, 5.41) is 0. The van der Waals surface area contributed by atoms with Gasteiger partial charge in [0.15, 0.2) is 0 Å². The lowest BCUT2D eigenvalue weighted by Crippen LogP contribution is -1.84. The van der Waals surface area contributed by atoms with Gasteiger partial charge < -0.3 is 0 Å². The summed E-state index contributed by atoms with van der Waals surface area (Å²) >= 11 is 0. The van der Waals surface area contributed by atoms with Crippen molar-refractivity contribution in [2.45, 2.75) is 78.1 Å². The van der Waals surface area contributed by atoms with Gasteiger partial charge in [0.25, 0.3) is 0 Å². The Morgan fingerprint density at radius 2 is 1.60 bits per heavy atom. The highest BCUT2D eigenvalue weighted by Crippen LogP contribution is 2.14. The maximum atomic E-state index is 4.01. The van der Waals surface area contributed by atoms with Crippen LogP contribution in [0.5, 0.6) is 0 Å². The van der Waals surface area contributed by atoms with Crippen molar-refractivity contribution in [3.8, 4) is 0 Å². The van der Waals surface area contributed by atoms with Crippen molar-refractivity contribution in [2.75, 3.05) is 0 Å². The molecule has 89 valence electrons. The van der Waals surface area contributed by atoms with Crippen LogP contribution in [0.3, 0.4) is 0 Å². The fourth-order valence-electron chi connectivity index (χ4n) is 1.81. The van der Waals surface area contributed by atoms with E-state index in [0.29, 0.717) is 0 Å². The van der Waals surface area contributed by atoms with E-state index in [1.165, 1.54) is 57.8 Å². The Morgan fingerprint density at radius 1 is 0.933 bits per heavy atom. The monoisotopic (exact) mass is 209 g/mol. The maximum absolute atomic E-state index is 4.01. The van der Waals surface area contributed by atoms with E-state index < -0.39 is 0 Å². The third-order valence-electron chi connectivity index (χ3n) is 2.91. The molecule has 1 radical (unpaired) electrons. The molecule has 0 bridgehead atoms. The van der Waals surface area contributed by atoms with E-state index in [0.717, 1.165) is 6.42 Å². The zero-order valence-electron chi connectivity index (χ0n) is 10.9. The Balaban J connectivity index is 3.50. The molecule has 0 aliphatic carbocycles. The second-order valence-corrected chi connectivity index (χ2v) is 4.42. The highest BCUT2D eigenvalue weighted by atomic mass is 14.0. The standard InChI is InChI=1S/C15H29/c1-4-7-9-10-12-14-15(6-3)13-11-8-5-2/h14H,3-13H2,1-2H3. The molecule has 0 unspecified atom stereocenters. The molecule has 0 saturated heterocycles. The Labute approximate surface area is 97.2 Å². The van der Waals surface area contributed by atoms with Crippen LogP contribution in [0.4, 0.5) is 0 Å². The minimum absolute atomic E-state index is 1.01. The number of allylic oxidation sites excluding steroid dienone is 2. The first-order valence-corrected chi connectivity index (χ1v) is 6.82. The van der Waals surface area contributed by atoms with Crippen molar-refractivity contribution in [2.24, 2.45) is 0 Å². The van der Waals surface area contributed by atoms with Crippen LogP contribution in [0.15, 0.2) is 11.6 Å². The van der Waals surface area contributed by atoms with Gasteiger partial charge in [0, 0.05) is 0 Å². The summed E-state index contributed by atoms with van der Waals surface area (Å²) in [4.78, 5) is 0. The molecule has 0 nitrogen and oxygen atoms in total. The zero-order chi connectivity index (χ0) is 11.4. The summed E-state index contributed by atoms with van der Waals surface area (Å²) in [6, 6.07) is 0. The van der Waals surface area contributed by atoms with E-state index in [1.54, 1.807) is 5.57 Å². The minimum Gasteiger partial charge on any atom is -0.0853 e. The van der Waals surface area contributed by atoms with E-state index >= 15 is 0 Å². The van der Waals surface area contributed by atoms with E-state index in [1.807, 2.05) is 0 Å². The predicted octanol–water partition coefficient (Wildman–Crippen LogP) is 5.69. The van der Waals surface area contributed by atoms with Gasteiger partial charge in [0.1, 0.15) is 0 Å². The second kappa shape index (κ2) is 11.8. The quantitative estimate of drug-likeness (QED) is 0.320. The van der Waals surface area contributed by atoms with Crippen LogP contribution in [0.1, 0.15) is 78.1 Å². The molecule has 0 aliphatic rings. The van der Waals surface area contributed by atoms with Crippen LogP contribution in [0.2, 0.25) is 0 Å². The van der Waals surface area contributed by atoms with Crippen molar-refractivity contribution < 1.29 is 0 Å². The molecule has 0 aromatic heterocycles. The van der Waals surface area contributed by atoms with E-state index in [4.69, 9.17) is 0 Å². The lowest BCUT2D eigenvalue weighted by atomic mass is 10.0. The van der Waals surface area contributed by atoms with Gasteiger partial charge in [-0.05, 0) is 39.0 Å². The van der Waals surface area contributed by atoms with Gasteiger partial charge in [-0.2, -0.15) is 0 Å². The lowest BCUT2D eigenvalue weighted by molar-refractivity contribution is 0.667. The molecule has 0 heterocycles. The van der Waals surface area contributed by atoms with Gasteiger partial charge in [0.2, 0.25) is 0 Å². The Kier molecular flexibility index (Phi) is 11.6. The molecule has 0 aromatic rings. The third kappa shape index (κ3) is 10.0. The van der Waals surface area contributed by atoms with E-state index in [-0.39, 0.29) is 0 Å². The van der Waals surface area contributed by atoms with Crippen molar-refractivity contribution in [3.63, 3.8) is 0 Å². The molecule has 0 amide bonds. The van der Waals surface area contributed by atoms with Crippen molar-refractivity contribution in [1.29, 1.82) is 0 Å². The molecular formula is C15H29. The van der Waals surface area contributed by atoms with Crippen LogP contribution in [0, 0.1) is 6.92 Å². The van der Waals surface area contributed by atoms with Crippen molar-refractivity contribution >= 4 is 0 Å². The molecule has 0 atom stereocenters. The smallest absolute Gasteiger partial charge is 0.0320 e. The summed E-state index contributed by atoms with van der Waals surface area (Å²) in [5.41, 5.74) is 1.58. The molecule has 0 aromatic carbocycles. The first kappa shape index (κ1) is 14.7. The molecule has 0 spiro atoms. The van der Waals surface area contributed by atoms with Gasteiger partial charge in [-0.3, -0.25) is 0 Å². The molecule has 0 heteroatoms. The second-order valence-electron chi connectivity index (χ2n) is 4.42. The summed E-state index contributed by atoms with van der Waals surface area (Å²) in [6.45, 7) is 8.54. The molecule has 0 rings (SSSR count). The van der Waals surface area contributed by atoms with Crippen LogP contribution in [-0.2, 0) is 0 Å². The SMILES string of the molecule is [CH2]CC(=CCCCCCC)CCCCC. The summed E-state index contributed by atoms with van der Waals surface area (Å²) in [5.74, 6) is 0. The van der Waals surface area contributed by atoms with Crippen LogP contribution < -0.4 is 0 Å². The first-order valence-electron chi connectivity index (χ1n) is 6.82. The minimum atomic E-state index is 1.01. The molecule has 0 saturated carbocycles. The zero-order valence-corrected chi connectivity index (χ0v) is 10.9. The highest BCUT2D eigenvalue weighted by Gasteiger charge is 1.94. The summed E-state index contributed by atoms with van der Waals surface area (Å²) in [7, 11) is 0. The molecule has 15 heavy (non-hydrogen) atoms. The van der Waals surface area contributed by atoms with Crippen LogP contribution in [0.25, 0.3) is 0 Å². The number of rotatable bonds is 10. The Morgan fingerprint density at radius 3 is 2.20 bits per heavy atom. The number of hydrogen-bond acceptors (Lipinski definition) is 0. The summed E-state index contributed by atoms with van der Waals surface area (Å²) < 4.78 is 0. The van der Waals surface area contributed by atoms with Gasteiger partial charge in [-0.1, -0.05) is 57.6 Å². The fraction of sp³-hybridized carbons (Fsp3) is 0.800. The fourth-order valence-corrected chi connectivity index (χ4v) is 1.81. The maximum Gasteiger partial charge on any atom is -0.0320 e. The van der Waals surface area contributed by atoms with Gasteiger partial charge in [-0.25, -0.2) is 0 Å². The number of unbranched alkanes of at least 4 members (excludes halogenated alkanes) is 6. The first-order chi connectivity index (χ1) is 7.35. The Hall–Kier alpha value is -0.260. The molecule has 0 aliphatic heterocycles. The molecule has 0 fully saturated rings. The third-order valence-corrected chi connectivity index (χ3v) is 2.91.